The van der Waals surface area contributed by atoms with Crippen molar-refractivity contribution in [1.82, 2.24) is 0 Å². The quantitative estimate of drug-likeness (QED) is 0.399. The number of methoxy groups -OCH3 is 1. The third kappa shape index (κ3) is 1.19. The van der Waals surface area contributed by atoms with Crippen molar-refractivity contribution in [2.75, 3.05) is 11.5 Å². The molecule has 5 unspecified atom stereocenters. The Morgan fingerprint density at radius 2 is 2.38 bits per heavy atom. The first-order valence-electron chi connectivity index (χ1n) is 4.26. The van der Waals surface area contributed by atoms with Gasteiger partial charge >= 0.3 is 0 Å². The third-order valence-electron chi connectivity index (χ3n) is 2.81. The van der Waals surface area contributed by atoms with Crippen LogP contribution in [0.15, 0.2) is 0 Å². The molecule has 5 atom stereocenters. The number of fused-ring (bicyclic) bond motifs is 2. The summed E-state index contributed by atoms with van der Waals surface area (Å²) < 4.78 is 17.1. The van der Waals surface area contributed by atoms with E-state index in [0.29, 0.717) is 4.43 Å². The summed E-state index contributed by atoms with van der Waals surface area (Å²) in [6.45, 7) is 0. The molecule has 0 amide bonds. The number of aliphatic hydroxyl groups is 1. The van der Waals surface area contributed by atoms with Crippen LogP contribution in [0.4, 0.5) is 0 Å². The molecule has 2 aliphatic rings. The van der Waals surface area contributed by atoms with Crippen molar-refractivity contribution in [3.8, 4) is 0 Å². The lowest BCUT2D eigenvalue weighted by atomic mass is 9.92. The van der Waals surface area contributed by atoms with Crippen LogP contribution in [-0.2, 0) is 14.2 Å². The van der Waals surface area contributed by atoms with Crippen LogP contribution in [0.3, 0.4) is 0 Å². The maximum absolute atomic E-state index is 9.66. The van der Waals surface area contributed by atoms with E-state index in [4.69, 9.17) is 14.2 Å². The van der Waals surface area contributed by atoms with Gasteiger partial charge in [0.05, 0.1) is 6.00 Å². The van der Waals surface area contributed by atoms with E-state index in [2.05, 4.69) is 22.6 Å². The Bertz CT molecular complexity index is 217. The Labute approximate surface area is 91.5 Å². The second kappa shape index (κ2) is 3.34. The summed E-state index contributed by atoms with van der Waals surface area (Å²) in [7, 11) is 3.57. The summed E-state index contributed by atoms with van der Waals surface area (Å²) in [6.07, 6.45) is -1.13. The molecule has 74 valence electrons. The van der Waals surface area contributed by atoms with Crippen LogP contribution in [0.5, 0.6) is 0 Å². The van der Waals surface area contributed by atoms with Crippen LogP contribution < -0.4 is 0 Å². The van der Waals surface area contributed by atoms with Gasteiger partial charge in [-0.05, 0) is 0 Å². The van der Waals surface area contributed by atoms with E-state index in [9.17, 15) is 5.11 Å². The van der Waals surface area contributed by atoms with Crippen LogP contribution >= 0.6 is 22.6 Å². The summed E-state index contributed by atoms with van der Waals surface area (Å²) in [5.74, 6) is 0. The molecule has 1 N–H and O–H groups in total. The van der Waals surface area contributed by atoms with Gasteiger partial charge in [0.15, 0.2) is 11.9 Å². The zero-order chi connectivity index (χ0) is 9.64. The summed E-state index contributed by atoms with van der Waals surface area (Å²) in [6, 6.07) is 0.00289. The number of hydrogen-bond acceptors (Lipinski definition) is 4. The van der Waals surface area contributed by atoms with E-state index in [-0.39, 0.29) is 18.2 Å². The maximum atomic E-state index is 9.66. The SMILES string of the molecule is BC1OC2(CI)C(O)OC1C2OC. The minimum Gasteiger partial charge on any atom is -0.375 e. The molecule has 0 aromatic rings. The molecule has 0 spiro atoms. The van der Waals surface area contributed by atoms with Gasteiger partial charge in [0.1, 0.15) is 20.1 Å². The largest absolute Gasteiger partial charge is 0.375 e. The highest BCUT2D eigenvalue weighted by atomic mass is 127. The summed E-state index contributed by atoms with van der Waals surface area (Å²) in [5.41, 5.74) is -0.653. The minimum atomic E-state index is -0.851. The molecule has 0 aromatic carbocycles. The van der Waals surface area contributed by atoms with Gasteiger partial charge in [-0.3, -0.25) is 0 Å². The van der Waals surface area contributed by atoms with Crippen molar-refractivity contribution in [3.05, 3.63) is 0 Å². The lowest BCUT2D eigenvalue weighted by Crippen LogP contribution is -2.50. The van der Waals surface area contributed by atoms with Crippen molar-refractivity contribution >= 4 is 30.4 Å². The normalized spacial score (nSPS) is 54.4. The Kier molecular flexibility index (Phi) is 2.61. The van der Waals surface area contributed by atoms with Crippen molar-refractivity contribution in [2.45, 2.75) is 30.1 Å². The topological polar surface area (TPSA) is 47.9 Å². The first-order valence-corrected chi connectivity index (χ1v) is 5.78. The van der Waals surface area contributed by atoms with Crippen LogP contribution in [0.25, 0.3) is 0 Å². The van der Waals surface area contributed by atoms with Gasteiger partial charge in [-0.2, -0.15) is 0 Å². The standard InChI is InChI=1S/C7H12BIO4/c1-11-4-3-5(8)13-7(4,2-9)6(10)12-3/h3-6,10H,2,8H2,1H3. The lowest BCUT2D eigenvalue weighted by molar-refractivity contribution is -0.234. The molecule has 2 aliphatic heterocycles. The van der Waals surface area contributed by atoms with Crippen molar-refractivity contribution in [1.29, 1.82) is 0 Å². The first kappa shape index (κ1) is 10.2. The summed E-state index contributed by atoms with van der Waals surface area (Å²) in [4.78, 5) is 0. The molecule has 0 aliphatic carbocycles. The molecule has 0 saturated carbocycles. The van der Waals surface area contributed by atoms with Gasteiger partial charge in [-0.25, -0.2) is 0 Å². The zero-order valence-electron chi connectivity index (χ0n) is 7.57. The Morgan fingerprint density at radius 1 is 1.69 bits per heavy atom. The number of ether oxygens (including phenoxy) is 3. The highest BCUT2D eigenvalue weighted by Gasteiger charge is 2.65. The van der Waals surface area contributed by atoms with E-state index < -0.39 is 11.9 Å². The Morgan fingerprint density at radius 3 is 2.85 bits per heavy atom. The molecule has 4 nitrogen and oxygen atoms in total. The zero-order valence-corrected chi connectivity index (χ0v) is 9.72. The fraction of sp³-hybridized carbons (Fsp3) is 1.00. The second-order valence-corrected chi connectivity index (χ2v) is 4.28. The highest BCUT2D eigenvalue weighted by Crippen LogP contribution is 2.45. The number of rotatable bonds is 2. The van der Waals surface area contributed by atoms with E-state index in [1.807, 2.05) is 7.85 Å². The van der Waals surface area contributed by atoms with Gasteiger partial charge in [-0.1, -0.05) is 22.6 Å². The maximum Gasteiger partial charge on any atom is 0.187 e. The molecule has 2 fully saturated rings. The third-order valence-corrected chi connectivity index (χ3v) is 4.01. The monoisotopic (exact) mass is 298 g/mol. The van der Waals surface area contributed by atoms with Crippen LogP contribution in [0.1, 0.15) is 0 Å². The number of alkyl halides is 1. The molecule has 2 bridgehead atoms. The van der Waals surface area contributed by atoms with E-state index in [1.165, 1.54) is 0 Å². The number of hydrogen-bond donors (Lipinski definition) is 1. The Balaban J connectivity index is 2.29. The summed E-state index contributed by atoms with van der Waals surface area (Å²) in [5, 5.41) is 9.66. The number of halogens is 1. The molecule has 0 radical (unpaired) electrons. The predicted molar refractivity (Wildman–Crippen MR) is 56.7 cm³/mol. The van der Waals surface area contributed by atoms with Crippen molar-refractivity contribution in [2.24, 2.45) is 0 Å². The highest BCUT2D eigenvalue weighted by molar-refractivity contribution is 14.1. The Hall–Kier alpha value is 0.635. The van der Waals surface area contributed by atoms with Gasteiger partial charge in [-0.15, -0.1) is 0 Å². The lowest BCUT2D eigenvalue weighted by Gasteiger charge is -2.32. The average Bonchev–Trinajstić information content (AvgIpc) is 2.54. The summed E-state index contributed by atoms with van der Waals surface area (Å²) >= 11 is 2.19. The molecule has 2 saturated heterocycles. The predicted octanol–water partition coefficient (Wildman–Crippen LogP) is -1.12. The van der Waals surface area contributed by atoms with E-state index >= 15 is 0 Å². The van der Waals surface area contributed by atoms with Gasteiger partial charge < -0.3 is 19.3 Å². The molecule has 2 rings (SSSR count). The van der Waals surface area contributed by atoms with Crippen LogP contribution in [-0.4, -0.2) is 54.6 Å². The number of aliphatic hydroxyl groups excluding tert-OH is 1. The van der Waals surface area contributed by atoms with Crippen LogP contribution in [0.2, 0.25) is 0 Å². The van der Waals surface area contributed by atoms with E-state index in [1.54, 1.807) is 7.11 Å². The van der Waals surface area contributed by atoms with Gasteiger partial charge in [0.2, 0.25) is 0 Å². The van der Waals surface area contributed by atoms with E-state index in [0.717, 1.165) is 0 Å². The molecular weight excluding hydrogens is 286 g/mol. The average molecular weight is 298 g/mol. The fourth-order valence-corrected chi connectivity index (χ4v) is 3.15. The smallest absolute Gasteiger partial charge is 0.187 e. The van der Waals surface area contributed by atoms with Crippen molar-refractivity contribution < 1.29 is 19.3 Å². The second-order valence-electron chi connectivity index (χ2n) is 3.52. The van der Waals surface area contributed by atoms with Gasteiger partial charge in [0.25, 0.3) is 0 Å². The molecular formula is C7H12BIO4. The first-order chi connectivity index (χ1) is 6.15. The van der Waals surface area contributed by atoms with Gasteiger partial charge in [0, 0.05) is 11.5 Å². The molecule has 6 heteroatoms. The fourth-order valence-electron chi connectivity index (χ4n) is 2.16. The molecule has 13 heavy (non-hydrogen) atoms. The minimum absolute atomic E-state index is 0.00289. The molecule has 0 aromatic heterocycles. The molecule has 2 heterocycles. The van der Waals surface area contributed by atoms with Crippen molar-refractivity contribution in [3.63, 3.8) is 0 Å². The van der Waals surface area contributed by atoms with Crippen LogP contribution in [0, 0.1) is 0 Å².